The van der Waals surface area contributed by atoms with Crippen molar-refractivity contribution in [1.29, 1.82) is 0 Å². The molecular weight excluding hydrogens is 378 g/mol. The van der Waals surface area contributed by atoms with Gasteiger partial charge in [0.1, 0.15) is 17.2 Å². The number of piperidine rings is 1. The number of benzene rings is 1. The monoisotopic (exact) mass is 399 g/mol. The molecule has 3 aromatic rings. The van der Waals surface area contributed by atoms with Gasteiger partial charge in [-0.25, -0.2) is 9.97 Å². The molecule has 0 atom stereocenters. The Morgan fingerprint density at radius 3 is 2.67 bits per heavy atom. The maximum Gasteiger partial charge on any atom is 0.237 e. The van der Waals surface area contributed by atoms with E-state index in [1.807, 2.05) is 12.1 Å². The smallest absolute Gasteiger partial charge is 0.237 e. The first-order chi connectivity index (χ1) is 13.3. The number of hydrogen-bond donors (Lipinski definition) is 0. The summed E-state index contributed by atoms with van der Waals surface area (Å²) in [6, 6.07) is 10.2. The van der Waals surface area contributed by atoms with E-state index in [1.54, 1.807) is 29.9 Å². The van der Waals surface area contributed by atoms with Crippen LogP contribution in [-0.2, 0) is 5.75 Å². The van der Waals surface area contributed by atoms with Crippen molar-refractivity contribution < 1.29 is 4.52 Å². The van der Waals surface area contributed by atoms with E-state index in [1.165, 1.54) is 24.2 Å². The Morgan fingerprint density at radius 2 is 1.89 bits per heavy atom. The van der Waals surface area contributed by atoms with E-state index in [0.717, 1.165) is 29.5 Å². The highest BCUT2D eigenvalue weighted by Gasteiger charge is 2.14. The van der Waals surface area contributed by atoms with E-state index in [2.05, 4.69) is 49.5 Å². The fourth-order valence-electron chi connectivity index (χ4n) is 3.01. The van der Waals surface area contributed by atoms with E-state index in [9.17, 15) is 0 Å². The van der Waals surface area contributed by atoms with Crippen LogP contribution < -0.4 is 4.90 Å². The molecule has 0 saturated carbocycles. The summed E-state index contributed by atoms with van der Waals surface area (Å²) in [5.41, 5.74) is 0.960. The maximum atomic E-state index is 5.40. The van der Waals surface area contributed by atoms with Crippen LogP contribution in [0.2, 0.25) is 0 Å². The average Bonchev–Trinajstić information content (AvgIpc) is 3.22. The molecule has 3 heterocycles. The lowest BCUT2D eigenvalue weighted by atomic mass is 10.1. The first-order valence-electron chi connectivity index (χ1n) is 8.98. The minimum absolute atomic E-state index is 0.590. The van der Waals surface area contributed by atoms with Gasteiger partial charge in [-0.15, -0.1) is 11.8 Å². The Hall–Kier alpha value is -2.06. The fraction of sp³-hybridized carbons (Fsp3) is 0.368. The molecule has 140 valence electrons. The van der Waals surface area contributed by atoms with Gasteiger partial charge in [0.2, 0.25) is 11.7 Å². The van der Waals surface area contributed by atoms with Gasteiger partial charge in [0.05, 0.1) is 5.75 Å². The van der Waals surface area contributed by atoms with Gasteiger partial charge in [0.15, 0.2) is 0 Å². The van der Waals surface area contributed by atoms with Crippen LogP contribution >= 0.6 is 23.5 Å². The summed E-state index contributed by atoms with van der Waals surface area (Å²) in [5, 5.41) is 5.02. The van der Waals surface area contributed by atoms with Crippen molar-refractivity contribution in [2.45, 2.75) is 34.9 Å². The summed E-state index contributed by atoms with van der Waals surface area (Å²) < 4.78 is 5.40. The minimum atomic E-state index is 0.590. The molecule has 0 N–H and O–H groups in total. The zero-order valence-corrected chi connectivity index (χ0v) is 16.8. The van der Waals surface area contributed by atoms with Gasteiger partial charge in [-0.2, -0.15) is 4.98 Å². The molecule has 0 bridgehead atoms. The summed E-state index contributed by atoms with van der Waals surface area (Å²) in [5.74, 6) is 2.82. The van der Waals surface area contributed by atoms with E-state index in [-0.39, 0.29) is 0 Å². The summed E-state index contributed by atoms with van der Waals surface area (Å²) in [6.45, 7) is 2.15. The van der Waals surface area contributed by atoms with Crippen molar-refractivity contribution in [3.05, 3.63) is 42.5 Å². The number of thioether (sulfide) groups is 2. The predicted molar refractivity (Wildman–Crippen MR) is 109 cm³/mol. The third-order valence-corrected chi connectivity index (χ3v) is 6.12. The highest BCUT2D eigenvalue weighted by molar-refractivity contribution is 7.98. The normalized spacial score (nSPS) is 14.5. The maximum absolute atomic E-state index is 5.40. The number of aromatic nitrogens is 4. The van der Waals surface area contributed by atoms with Crippen LogP contribution in [0.15, 0.2) is 51.1 Å². The van der Waals surface area contributed by atoms with Crippen LogP contribution in [-0.4, -0.2) is 39.5 Å². The van der Waals surface area contributed by atoms with Crippen molar-refractivity contribution in [2.24, 2.45) is 0 Å². The Bertz CT molecular complexity index is 878. The molecule has 6 nitrogen and oxygen atoms in total. The van der Waals surface area contributed by atoms with Gasteiger partial charge in [0.25, 0.3) is 0 Å². The SMILES string of the molecule is CSc1ccc(-c2noc(CSc3cc(N4CCCCC4)ncn3)n2)cc1. The van der Waals surface area contributed by atoms with Gasteiger partial charge < -0.3 is 9.42 Å². The first-order valence-corrected chi connectivity index (χ1v) is 11.2. The molecule has 0 amide bonds. The van der Waals surface area contributed by atoms with Crippen LogP contribution in [0.3, 0.4) is 0 Å². The highest BCUT2D eigenvalue weighted by Crippen LogP contribution is 2.26. The second-order valence-corrected chi connectivity index (χ2v) is 8.17. The van der Waals surface area contributed by atoms with Gasteiger partial charge in [-0.05, 0) is 49.8 Å². The molecule has 0 aliphatic carbocycles. The van der Waals surface area contributed by atoms with E-state index in [0.29, 0.717) is 17.5 Å². The molecular formula is C19H21N5OS2. The van der Waals surface area contributed by atoms with Crippen LogP contribution in [0.4, 0.5) is 5.82 Å². The second-order valence-electron chi connectivity index (χ2n) is 6.29. The lowest BCUT2D eigenvalue weighted by Crippen LogP contribution is -2.30. The van der Waals surface area contributed by atoms with Crippen molar-refractivity contribution in [3.8, 4) is 11.4 Å². The molecule has 1 saturated heterocycles. The van der Waals surface area contributed by atoms with E-state index < -0.39 is 0 Å². The van der Waals surface area contributed by atoms with Crippen molar-refractivity contribution in [2.75, 3.05) is 24.2 Å². The molecule has 4 rings (SSSR count). The molecule has 0 unspecified atom stereocenters. The summed E-state index contributed by atoms with van der Waals surface area (Å²) in [6.07, 6.45) is 7.47. The van der Waals surface area contributed by atoms with Crippen molar-refractivity contribution in [3.63, 3.8) is 0 Å². The lowest BCUT2D eigenvalue weighted by Gasteiger charge is -2.27. The Balaban J connectivity index is 1.39. The molecule has 27 heavy (non-hydrogen) atoms. The Morgan fingerprint density at radius 1 is 1.07 bits per heavy atom. The van der Waals surface area contributed by atoms with Crippen molar-refractivity contribution in [1.82, 2.24) is 20.1 Å². The number of hydrogen-bond acceptors (Lipinski definition) is 8. The van der Waals surface area contributed by atoms with Crippen LogP contribution in [0.25, 0.3) is 11.4 Å². The molecule has 8 heteroatoms. The molecule has 2 aromatic heterocycles. The molecule has 1 aliphatic heterocycles. The Kier molecular flexibility index (Phi) is 5.94. The molecule has 0 radical (unpaired) electrons. The average molecular weight is 400 g/mol. The first kappa shape index (κ1) is 18.3. The summed E-state index contributed by atoms with van der Waals surface area (Å²) in [4.78, 5) is 16.8. The van der Waals surface area contributed by atoms with Gasteiger partial charge in [0, 0.05) is 29.6 Å². The minimum Gasteiger partial charge on any atom is -0.356 e. The largest absolute Gasteiger partial charge is 0.356 e. The van der Waals surface area contributed by atoms with Gasteiger partial charge >= 0.3 is 0 Å². The van der Waals surface area contributed by atoms with Gasteiger partial charge in [-0.3, -0.25) is 0 Å². The zero-order valence-electron chi connectivity index (χ0n) is 15.2. The lowest BCUT2D eigenvalue weighted by molar-refractivity contribution is 0.391. The summed E-state index contributed by atoms with van der Waals surface area (Å²) >= 11 is 3.30. The number of anilines is 1. The topological polar surface area (TPSA) is 67.9 Å². The standard InChI is InChI=1S/C19H21N5OS2/c1-26-15-7-5-14(6-8-15)19-22-17(25-23-19)12-27-18-11-16(20-13-21-18)24-9-3-2-4-10-24/h5-8,11,13H,2-4,9-10,12H2,1H3. The second kappa shape index (κ2) is 8.75. The van der Waals surface area contributed by atoms with Gasteiger partial charge in [-0.1, -0.05) is 16.9 Å². The molecule has 1 aromatic carbocycles. The Labute approximate surface area is 167 Å². The summed E-state index contributed by atoms with van der Waals surface area (Å²) in [7, 11) is 0. The fourth-order valence-corrected chi connectivity index (χ4v) is 4.12. The van der Waals surface area contributed by atoms with Crippen LogP contribution in [0, 0.1) is 0 Å². The number of nitrogens with zero attached hydrogens (tertiary/aromatic N) is 5. The molecule has 0 spiro atoms. The zero-order chi connectivity index (χ0) is 18.5. The third-order valence-electron chi connectivity index (χ3n) is 4.47. The quantitative estimate of drug-likeness (QED) is 0.442. The molecule has 1 aliphatic rings. The van der Waals surface area contributed by atoms with Crippen molar-refractivity contribution >= 4 is 29.3 Å². The predicted octanol–water partition coefficient (Wildman–Crippen LogP) is 4.53. The van der Waals surface area contributed by atoms with E-state index >= 15 is 0 Å². The third kappa shape index (κ3) is 4.62. The van der Waals surface area contributed by atoms with Crippen LogP contribution in [0.5, 0.6) is 0 Å². The van der Waals surface area contributed by atoms with Crippen LogP contribution in [0.1, 0.15) is 25.2 Å². The highest BCUT2D eigenvalue weighted by atomic mass is 32.2. The number of rotatable bonds is 6. The van der Waals surface area contributed by atoms with E-state index in [4.69, 9.17) is 4.52 Å². The molecule has 1 fully saturated rings.